The van der Waals surface area contributed by atoms with Crippen molar-refractivity contribution in [2.75, 3.05) is 0 Å². The van der Waals surface area contributed by atoms with E-state index in [0.29, 0.717) is 17.6 Å². The normalized spacial score (nSPS) is 33.2. The Morgan fingerprint density at radius 3 is 2.83 bits per heavy atom. The molecule has 3 atom stereocenters. The van der Waals surface area contributed by atoms with Crippen molar-refractivity contribution in [1.82, 2.24) is 0 Å². The molecule has 0 amide bonds. The zero-order valence-corrected chi connectivity index (χ0v) is 11.4. The molecule has 1 aliphatic heterocycles. The Labute approximate surface area is 109 Å². The van der Waals surface area contributed by atoms with Gasteiger partial charge in [-0.15, -0.1) is 0 Å². The van der Waals surface area contributed by atoms with Gasteiger partial charge in [-0.05, 0) is 50.7 Å². The monoisotopic (exact) mass is 246 g/mol. The van der Waals surface area contributed by atoms with Gasteiger partial charge in [0, 0.05) is 11.5 Å². The van der Waals surface area contributed by atoms with E-state index in [1.807, 2.05) is 12.1 Å². The number of rotatable bonds is 0. The highest BCUT2D eigenvalue weighted by atomic mass is 16.5. The van der Waals surface area contributed by atoms with Crippen molar-refractivity contribution in [2.45, 2.75) is 51.6 Å². The Morgan fingerprint density at radius 2 is 2.06 bits per heavy atom. The second-order valence-corrected chi connectivity index (χ2v) is 6.53. The highest BCUT2D eigenvalue weighted by Crippen LogP contribution is 2.54. The summed E-state index contributed by atoms with van der Waals surface area (Å²) in [4.78, 5) is 0. The van der Waals surface area contributed by atoms with Crippen LogP contribution in [0.5, 0.6) is 11.5 Å². The summed E-state index contributed by atoms with van der Waals surface area (Å²) in [6.07, 6.45) is 3.64. The van der Waals surface area contributed by atoms with E-state index < -0.39 is 0 Å². The van der Waals surface area contributed by atoms with Gasteiger partial charge in [0.25, 0.3) is 0 Å². The number of phenolic OH excluding ortho intramolecular Hbond substituents is 1. The summed E-state index contributed by atoms with van der Waals surface area (Å²) < 4.78 is 6.14. The molecule has 3 rings (SSSR count). The van der Waals surface area contributed by atoms with Gasteiger partial charge in [-0.1, -0.05) is 19.4 Å². The molecule has 1 heterocycles. The minimum atomic E-state index is -0.119. The van der Waals surface area contributed by atoms with Gasteiger partial charge in [0.05, 0.1) is 0 Å². The average molecular weight is 246 g/mol. The molecule has 2 nitrogen and oxygen atoms in total. The van der Waals surface area contributed by atoms with Crippen molar-refractivity contribution < 1.29 is 9.84 Å². The standard InChI is InChI=1S/C16H22O2/c1-10-7-8-12-11(9-10)15-13(17)5-4-6-14(15)18-16(12,2)3/h4-6,10-12,17H,7-9H2,1-3H3/t10?,11-,12-/m1/s1. The molecule has 2 heteroatoms. The van der Waals surface area contributed by atoms with Gasteiger partial charge < -0.3 is 9.84 Å². The Kier molecular flexibility index (Phi) is 2.58. The molecule has 98 valence electrons. The van der Waals surface area contributed by atoms with Crippen LogP contribution >= 0.6 is 0 Å². The molecule has 0 radical (unpaired) electrons. The van der Waals surface area contributed by atoms with Crippen LogP contribution in [0.4, 0.5) is 0 Å². The van der Waals surface area contributed by atoms with E-state index in [2.05, 4.69) is 20.8 Å². The van der Waals surface area contributed by atoms with Crippen LogP contribution in [0.15, 0.2) is 18.2 Å². The summed E-state index contributed by atoms with van der Waals surface area (Å²) in [6, 6.07) is 5.65. The molecule has 1 fully saturated rings. The fourth-order valence-corrected chi connectivity index (χ4v) is 3.89. The molecule has 1 aliphatic carbocycles. The largest absolute Gasteiger partial charge is 0.508 e. The van der Waals surface area contributed by atoms with Crippen LogP contribution in [0.25, 0.3) is 0 Å². The average Bonchev–Trinajstić information content (AvgIpc) is 2.27. The molecule has 0 spiro atoms. The van der Waals surface area contributed by atoms with Crippen molar-refractivity contribution >= 4 is 0 Å². The van der Waals surface area contributed by atoms with Gasteiger partial charge in [-0.25, -0.2) is 0 Å². The van der Waals surface area contributed by atoms with Gasteiger partial charge >= 0.3 is 0 Å². The maximum absolute atomic E-state index is 10.2. The molecular weight excluding hydrogens is 224 g/mol. The summed E-state index contributed by atoms with van der Waals surface area (Å²) in [6.45, 7) is 6.69. The topological polar surface area (TPSA) is 29.5 Å². The van der Waals surface area contributed by atoms with E-state index in [4.69, 9.17) is 4.74 Å². The lowest BCUT2D eigenvalue weighted by atomic mass is 9.64. The number of fused-ring (bicyclic) bond motifs is 3. The summed E-state index contributed by atoms with van der Waals surface area (Å²) in [5.74, 6) is 3.01. The van der Waals surface area contributed by atoms with Crippen LogP contribution < -0.4 is 4.74 Å². The van der Waals surface area contributed by atoms with E-state index >= 15 is 0 Å². The Morgan fingerprint density at radius 1 is 1.28 bits per heavy atom. The number of hydrogen-bond donors (Lipinski definition) is 1. The third kappa shape index (κ3) is 1.70. The third-order valence-corrected chi connectivity index (χ3v) is 4.79. The molecule has 1 saturated carbocycles. The van der Waals surface area contributed by atoms with Crippen molar-refractivity contribution in [3.63, 3.8) is 0 Å². The fraction of sp³-hybridized carbons (Fsp3) is 0.625. The maximum Gasteiger partial charge on any atom is 0.127 e. The highest BCUT2D eigenvalue weighted by molar-refractivity contribution is 5.49. The second-order valence-electron chi connectivity index (χ2n) is 6.53. The lowest BCUT2D eigenvalue weighted by Gasteiger charge is -2.48. The number of phenols is 1. The number of aromatic hydroxyl groups is 1. The molecule has 18 heavy (non-hydrogen) atoms. The first-order valence-corrected chi connectivity index (χ1v) is 7.00. The van der Waals surface area contributed by atoms with Gasteiger partial charge in [0.2, 0.25) is 0 Å². The fourth-order valence-electron chi connectivity index (χ4n) is 3.89. The number of hydrogen-bond acceptors (Lipinski definition) is 2. The van der Waals surface area contributed by atoms with Gasteiger partial charge in [-0.2, -0.15) is 0 Å². The Bertz CT molecular complexity index is 464. The summed E-state index contributed by atoms with van der Waals surface area (Å²) >= 11 is 0. The van der Waals surface area contributed by atoms with Crippen LogP contribution in [0.1, 0.15) is 51.5 Å². The molecule has 1 aromatic carbocycles. The molecule has 1 N–H and O–H groups in total. The van der Waals surface area contributed by atoms with Gasteiger partial charge in [0.15, 0.2) is 0 Å². The maximum atomic E-state index is 10.2. The summed E-state index contributed by atoms with van der Waals surface area (Å²) in [7, 11) is 0. The molecule has 0 saturated heterocycles. The van der Waals surface area contributed by atoms with Crippen molar-refractivity contribution in [2.24, 2.45) is 11.8 Å². The predicted molar refractivity (Wildman–Crippen MR) is 72.1 cm³/mol. The van der Waals surface area contributed by atoms with Gasteiger partial charge in [0.1, 0.15) is 17.1 Å². The number of ether oxygens (including phenoxy) is 1. The van der Waals surface area contributed by atoms with E-state index in [1.165, 1.54) is 19.3 Å². The van der Waals surface area contributed by atoms with Crippen molar-refractivity contribution in [1.29, 1.82) is 0 Å². The van der Waals surface area contributed by atoms with E-state index in [0.717, 1.165) is 17.2 Å². The first-order valence-electron chi connectivity index (χ1n) is 7.00. The van der Waals surface area contributed by atoms with E-state index in [1.54, 1.807) is 6.07 Å². The molecule has 1 aromatic rings. The lowest BCUT2D eigenvalue weighted by Crippen LogP contribution is -2.46. The van der Waals surface area contributed by atoms with Gasteiger partial charge in [-0.3, -0.25) is 0 Å². The molecule has 0 aromatic heterocycles. The SMILES string of the molecule is CC1CC[C@@H]2[C@@H](C1)c1c(O)cccc1OC2(C)C. The Hall–Kier alpha value is -1.18. The van der Waals surface area contributed by atoms with Crippen LogP contribution in [0.2, 0.25) is 0 Å². The lowest BCUT2D eigenvalue weighted by molar-refractivity contribution is -0.0145. The minimum absolute atomic E-state index is 0.119. The van der Waals surface area contributed by atoms with Crippen LogP contribution in [0.3, 0.4) is 0 Å². The number of benzene rings is 1. The zero-order valence-electron chi connectivity index (χ0n) is 11.4. The third-order valence-electron chi connectivity index (χ3n) is 4.79. The molecule has 2 aliphatic rings. The van der Waals surface area contributed by atoms with E-state index in [9.17, 15) is 5.11 Å². The smallest absolute Gasteiger partial charge is 0.127 e. The predicted octanol–water partition coefficient (Wildman–Crippen LogP) is 4.08. The second kappa shape index (κ2) is 3.91. The molecule has 0 bridgehead atoms. The van der Waals surface area contributed by atoms with E-state index in [-0.39, 0.29) is 5.60 Å². The van der Waals surface area contributed by atoms with Crippen LogP contribution in [-0.4, -0.2) is 10.7 Å². The molecule has 1 unspecified atom stereocenters. The zero-order chi connectivity index (χ0) is 12.9. The Balaban J connectivity index is 2.10. The first-order chi connectivity index (χ1) is 8.49. The van der Waals surface area contributed by atoms with Crippen LogP contribution in [0, 0.1) is 11.8 Å². The minimum Gasteiger partial charge on any atom is -0.508 e. The van der Waals surface area contributed by atoms with Crippen molar-refractivity contribution in [3.05, 3.63) is 23.8 Å². The first kappa shape index (κ1) is 11.9. The summed E-state index contributed by atoms with van der Waals surface area (Å²) in [5.41, 5.74) is 0.930. The van der Waals surface area contributed by atoms with Crippen molar-refractivity contribution in [3.8, 4) is 11.5 Å². The van der Waals surface area contributed by atoms with Crippen LogP contribution in [-0.2, 0) is 0 Å². The quantitative estimate of drug-likeness (QED) is 0.747. The summed E-state index contributed by atoms with van der Waals surface area (Å²) in [5, 5.41) is 10.2. The molecular formula is C16H22O2. The highest BCUT2D eigenvalue weighted by Gasteiger charge is 2.46.